The van der Waals surface area contributed by atoms with Gasteiger partial charge in [0.1, 0.15) is 0 Å². The Bertz CT molecular complexity index is 91.3. The Balaban J connectivity index is 2.18. The van der Waals surface area contributed by atoms with E-state index in [0.717, 1.165) is 12.5 Å². The lowest BCUT2D eigenvalue weighted by Gasteiger charge is -2.29. The first-order valence-corrected chi connectivity index (χ1v) is 3.94. The molecule has 1 fully saturated rings. The van der Waals surface area contributed by atoms with Crippen molar-refractivity contribution in [1.29, 1.82) is 0 Å². The summed E-state index contributed by atoms with van der Waals surface area (Å²) in [6, 6.07) is 0. The summed E-state index contributed by atoms with van der Waals surface area (Å²) in [6.45, 7) is 3.41. The summed E-state index contributed by atoms with van der Waals surface area (Å²) < 4.78 is 0. The summed E-state index contributed by atoms with van der Waals surface area (Å²) in [6.07, 6.45) is 2.67. The van der Waals surface area contributed by atoms with Crippen LogP contribution in [-0.4, -0.2) is 31.6 Å². The SMILES string of the molecule is [CH2-][N]CC1CCCN(C)C1. The van der Waals surface area contributed by atoms with E-state index in [1.165, 1.54) is 25.9 Å². The van der Waals surface area contributed by atoms with Crippen molar-refractivity contribution in [3.63, 3.8) is 0 Å². The van der Waals surface area contributed by atoms with E-state index in [1.807, 2.05) is 0 Å². The van der Waals surface area contributed by atoms with Crippen molar-refractivity contribution in [2.24, 2.45) is 5.92 Å². The molecule has 1 saturated heterocycles. The first-order chi connectivity index (χ1) is 4.83. The summed E-state index contributed by atoms with van der Waals surface area (Å²) >= 11 is 0. The first kappa shape index (κ1) is 8.02. The van der Waals surface area contributed by atoms with E-state index in [-0.39, 0.29) is 0 Å². The monoisotopic (exact) mass is 140 g/mol. The lowest BCUT2D eigenvalue weighted by Crippen LogP contribution is -2.34. The largest absolute Gasteiger partial charge is 0.424 e. The van der Waals surface area contributed by atoms with Gasteiger partial charge in [-0.2, -0.15) is 0 Å². The molecule has 1 atom stereocenters. The van der Waals surface area contributed by atoms with Gasteiger partial charge in [-0.25, -0.2) is 0 Å². The van der Waals surface area contributed by atoms with E-state index in [4.69, 9.17) is 0 Å². The number of piperidine rings is 1. The first-order valence-electron chi connectivity index (χ1n) is 3.94. The van der Waals surface area contributed by atoms with Crippen LogP contribution < -0.4 is 5.32 Å². The van der Waals surface area contributed by atoms with Gasteiger partial charge in [0.25, 0.3) is 0 Å². The molecule has 0 aromatic heterocycles. The van der Waals surface area contributed by atoms with Crippen molar-refractivity contribution >= 4 is 0 Å². The van der Waals surface area contributed by atoms with Gasteiger partial charge < -0.3 is 10.2 Å². The molecule has 1 radical (unpaired) electrons. The molecule has 1 aliphatic rings. The van der Waals surface area contributed by atoms with Crippen LogP contribution in [0.1, 0.15) is 12.8 Å². The average Bonchev–Trinajstić information content (AvgIpc) is 1.88. The Morgan fingerprint density at radius 2 is 2.50 bits per heavy atom. The zero-order valence-corrected chi connectivity index (χ0v) is 6.71. The fourth-order valence-electron chi connectivity index (χ4n) is 1.60. The summed E-state index contributed by atoms with van der Waals surface area (Å²) in [7, 11) is 5.69. The molecule has 0 amide bonds. The fraction of sp³-hybridized carbons (Fsp3) is 0.875. The van der Waals surface area contributed by atoms with Crippen LogP contribution in [0.2, 0.25) is 0 Å². The molecule has 0 aromatic carbocycles. The normalized spacial score (nSPS) is 28.8. The van der Waals surface area contributed by atoms with Crippen LogP contribution in [0.25, 0.3) is 0 Å². The van der Waals surface area contributed by atoms with E-state index < -0.39 is 0 Å². The number of likely N-dealkylation sites (tertiary alicyclic amines) is 1. The second-order valence-corrected chi connectivity index (χ2v) is 3.18. The molecular formula is C8H16N2-. The third-order valence-electron chi connectivity index (χ3n) is 2.11. The Labute approximate surface area is 63.6 Å². The van der Waals surface area contributed by atoms with Crippen molar-refractivity contribution in [2.45, 2.75) is 12.8 Å². The quantitative estimate of drug-likeness (QED) is 0.517. The summed E-state index contributed by atoms with van der Waals surface area (Å²) in [5.74, 6) is 0.774. The minimum absolute atomic E-state index is 0.774. The van der Waals surface area contributed by atoms with E-state index in [9.17, 15) is 0 Å². The Morgan fingerprint density at radius 3 is 3.10 bits per heavy atom. The Morgan fingerprint density at radius 1 is 1.70 bits per heavy atom. The highest BCUT2D eigenvalue weighted by atomic mass is 15.1. The molecule has 1 rings (SSSR count). The van der Waals surface area contributed by atoms with E-state index in [2.05, 4.69) is 24.3 Å². The molecule has 0 spiro atoms. The molecule has 2 heteroatoms. The maximum absolute atomic E-state index is 3.92. The van der Waals surface area contributed by atoms with E-state index in [0.29, 0.717) is 0 Å². The number of hydrogen-bond donors (Lipinski definition) is 0. The highest BCUT2D eigenvalue weighted by molar-refractivity contribution is 4.71. The van der Waals surface area contributed by atoms with Gasteiger partial charge >= 0.3 is 0 Å². The van der Waals surface area contributed by atoms with Crippen LogP contribution in [0.3, 0.4) is 0 Å². The molecule has 0 aliphatic carbocycles. The lowest BCUT2D eigenvalue weighted by atomic mass is 9.99. The lowest BCUT2D eigenvalue weighted by molar-refractivity contribution is 0.209. The van der Waals surface area contributed by atoms with Crippen LogP contribution >= 0.6 is 0 Å². The highest BCUT2D eigenvalue weighted by Gasteiger charge is 2.14. The molecule has 59 valence electrons. The fourth-order valence-corrected chi connectivity index (χ4v) is 1.60. The van der Waals surface area contributed by atoms with Gasteiger partial charge in [-0.15, -0.1) is 0 Å². The summed E-state index contributed by atoms with van der Waals surface area (Å²) in [5, 5.41) is 3.92. The molecule has 0 N–H and O–H groups in total. The van der Waals surface area contributed by atoms with Crippen LogP contribution in [0, 0.1) is 13.0 Å². The second kappa shape index (κ2) is 3.94. The Hall–Kier alpha value is -0.0800. The van der Waals surface area contributed by atoms with Gasteiger partial charge in [-0.1, -0.05) is 0 Å². The standard InChI is InChI=1S/C8H16N2/c1-9-6-8-4-3-5-10(2)7-8/h8H,1,3-7H2,2H3/q-1. The van der Waals surface area contributed by atoms with E-state index in [1.54, 1.807) is 0 Å². The van der Waals surface area contributed by atoms with Gasteiger partial charge in [0, 0.05) is 6.54 Å². The number of hydrogen-bond acceptors (Lipinski definition) is 1. The van der Waals surface area contributed by atoms with Gasteiger partial charge in [0.15, 0.2) is 0 Å². The molecule has 1 aliphatic heterocycles. The van der Waals surface area contributed by atoms with Crippen LogP contribution in [0.15, 0.2) is 0 Å². The minimum Gasteiger partial charge on any atom is -0.424 e. The van der Waals surface area contributed by atoms with Crippen LogP contribution in [0.5, 0.6) is 0 Å². The molecule has 1 heterocycles. The minimum atomic E-state index is 0.774. The van der Waals surface area contributed by atoms with Crippen molar-refractivity contribution in [1.82, 2.24) is 10.2 Å². The van der Waals surface area contributed by atoms with Gasteiger partial charge in [-0.3, -0.25) is 7.05 Å². The predicted molar refractivity (Wildman–Crippen MR) is 42.6 cm³/mol. The summed E-state index contributed by atoms with van der Waals surface area (Å²) in [5.41, 5.74) is 0. The highest BCUT2D eigenvalue weighted by Crippen LogP contribution is 2.13. The summed E-state index contributed by atoms with van der Waals surface area (Å²) in [4.78, 5) is 2.37. The average molecular weight is 140 g/mol. The third kappa shape index (κ3) is 2.27. The van der Waals surface area contributed by atoms with Gasteiger partial charge in [0.05, 0.1) is 0 Å². The third-order valence-corrected chi connectivity index (χ3v) is 2.11. The molecule has 2 nitrogen and oxygen atoms in total. The maximum Gasteiger partial charge on any atom is 0.00183 e. The van der Waals surface area contributed by atoms with Crippen molar-refractivity contribution in [2.75, 3.05) is 26.7 Å². The topological polar surface area (TPSA) is 17.3 Å². The van der Waals surface area contributed by atoms with Crippen molar-refractivity contribution in [3.8, 4) is 0 Å². The number of nitrogens with zero attached hydrogens (tertiary/aromatic N) is 2. The second-order valence-electron chi connectivity index (χ2n) is 3.18. The molecule has 10 heavy (non-hydrogen) atoms. The predicted octanol–water partition coefficient (Wildman–Crippen LogP) is 0.724. The van der Waals surface area contributed by atoms with E-state index >= 15 is 0 Å². The molecule has 0 saturated carbocycles. The van der Waals surface area contributed by atoms with Crippen LogP contribution in [0.4, 0.5) is 0 Å². The van der Waals surface area contributed by atoms with Crippen molar-refractivity contribution in [3.05, 3.63) is 7.05 Å². The molecular weight excluding hydrogens is 124 g/mol. The van der Waals surface area contributed by atoms with Gasteiger partial charge in [0.2, 0.25) is 0 Å². The zero-order valence-electron chi connectivity index (χ0n) is 6.71. The molecule has 1 unspecified atom stereocenters. The van der Waals surface area contributed by atoms with Gasteiger partial charge in [-0.05, 0) is 38.9 Å². The maximum atomic E-state index is 3.92. The molecule has 0 aromatic rings. The van der Waals surface area contributed by atoms with Crippen molar-refractivity contribution < 1.29 is 0 Å². The smallest absolute Gasteiger partial charge is 0.00183 e. The van der Waals surface area contributed by atoms with Crippen LogP contribution in [-0.2, 0) is 0 Å². The number of rotatable bonds is 2. The Kier molecular flexibility index (Phi) is 3.16. The zero-order chi connectivity index (χ0) is 7.40. The molecule has 0 bridgehead atoms.